The van der Waals surface area contributed by atoms with Gasteiger partial charge in [0, 0.05) is 13.1 Å². The molecule has 1 amide bonds. The summed E-state index contributed by atoms with van der Waals surface area (Å²) < 4.78 is 4.71. The summed E-state index contributed by atoms with van der Waals surface area (Å²) in [6.45, 7) is 3.55. The number of rotatable bonds is 6. The lowest BCUT2D eigenvalue weighted by Crippen LogP contribution is -2.36. The van der Waals surface area contributed by atoms with Crippen LogP contribution < -0.4 is 0 Å². The van der Waals surface area contributed by atoms with Crippen LogP contribution in [0.25, 0.3) is 0 Å². The standard InChI is InChI=1S/C8H15NO4/c1-2-7-13-8(12)9(3-5-10)4-6-11/h2,10-11H,1,3-7H2. The SMILES string of the molecule is C=CCOC(=O)N(CCO)CCO. The molecule has 0 fully saturated rings. The van der Waals surface area contributed by atoms with Gasteiger partial charge in [0.25, 0.3) is 0 Å². The van der Waals surface area contributed by atoms with Crippen molar-refractivity contribution < 1.29 is 19.7 Å². The molecular weight excluding hydrogens is 174 g/mol. The van der Waals surface area contributed by atoms with Crippen LogP contribution in [0.2, 0.25) is 0 Å². The van der Waals surface area contributed by atoms with Crippen LogP contribution in [0.4, 0.5) is 4.79 Å². The maximum Gasteiger partial charge on any atom is 0.410 e. The molecule has 0 spiro atoms. The number of aliphatic hydroxyl groups is 2. The summed E-state index contributed by atoms with van der Waals surface area (Å²) in [7, 11) is 0. The van der Waals surface area contributed by atoms with Crippen LogP contribution in [-0.4, -0.2) is 54.1 Å². The van der Waals surface area contributed by atoms with E-state index in [9.17, 15) is 4.79 Å². The fourth-order valence-electron chi connectivity index (χ4n) is 0.757. The molecule has 76 valence electrons. The van der Waals surface area contributed by atoms with Gasteiger partial charge in [-0.05, 0) is 0 Å². The summed E-state index contributed by atoms with van der Waals surface area (Å²) in [6, 6.07) is 0. The van der Waals surface area contributed by atoms with Crippen molar-refractivity contribution in [3.8, 4) is 0 Å². The first-order valence-electron chi connectivity index (χ1n) is 4.00. The Bertz CT molecular complexity index is 154. The van der Waals surface area contributed by atoms with E-state index in [1.807, 2.05) is 0 Å². The lowest BCUT2D eigenvalue weighted by atomic mass is 10.5. The lowest BCUT2D eigenvalue weighted by molar-refractivity contribution is 0.0939. The van der Waals surface area contributed by atoms with Crippen molar-refractivity contribution in [1.29, 1.82) is 0 Å². The zero-order valence-corrected chi connectivity index (χ0v) is 7.48. The first-order chi connectivity index (χ1) is 6.26. The molecule has 2 N–H and O–H groups in total. The second-order valence-electron chi connectivity index (χ2n) is 2.30. The Morgan fingerprint density at radius 2 is 1.92 bits per heavy atom. The van der Waals surface area contributed by atoms with Gasteiger partial charge in [-0.25, -0.2) is 4.79 Å². The number of amides is 1. The molecular formula is C8H15NO4. The van der Waals surface area contributed by atoms with Gasteiger partial charge in [-0.3, -0.25) is 0 Å². The third-order valence-electron chi connectivity index (χ3n) is 1.32. The van der Waals surface area contributed by atoms with Crippen LogP contribution in [-0.2, 0) is 4.74 Å². The molecule has 0 aromatic rings. The van der Waals surface area contributed by atoms with Gasteiger partial charge in [-0.1, -0.05) is 12.7 Å². The average molecular weight is 189 g/mol. The lowest BCUT2D eigenvalue weighted by Gasteiger charge is -2.19. The van der Waals surface area contributed by atoms with E-state index in [4.69, 9.17) is 14.9 Å². The Hall–Kier alpha value is -1.07. The van der Waals surface area contributed by atoms with Gasteiger partial charge in [0.1, 0.15) is 6.61 Å². The largest absolute Gasteiger partial charge is 0.445 e. The van der Waals surface area contributed by atoms with Gasteiger partial charge in [-0.15, -0.1) is 0 Å². The molecule has 5 heteroatoms. The quantitative estimate of drug-likeness (QED) is 0.557. The van der Waals surface area contributed by atoms with Crippen LogP contribution in [0.1, 0.15) is 0 Å². The van der Waals surface area contributed by atoms with E-state index in [1.54, 1.807) is 0 Å². The maximum atomic E-state index is 11.1. The van der Waals surface area contributed by atoms with Crippen molar-refractivity contribution in [2.24, 2.45) is 0 Å². The van der Waals surface area contributed by atoms with Gasteiger partial charge < -0.3 is 19.8 Å². The predicted octanol–water partition coefficient (Wildman–Crippen LogP) is -0.404. The van der Waals surface area contributed by atoms with E-state index < -0.39 is 6.09 Å². The molecule has 0 aliphatic heterocycles. The van der Waals surface area contributed by atoms with E-state index in [0.717, 1.165) is 0 Å². The summed E-state index contributed by atoms with van der Waals surface area (Å²) in [5.41, 5.74) is 0. The van der Waals surface area contributed by atoms with Crippen molar-refractivity contribution >= 4 is 6.09 Å². The third kappa shape index (κ3) is 5.21. The topological polar surface area (TPSA) is 70.0 Å². The summed E-state index contributed by atoms with van der Waals surface area (Å²) in [5, 5.41) is 17.2. The van der Waals surface area contributed by atoms with Gasteiger partial charge in [0.15, 0.2) is 0 Å². The molecule has 0 aromatic heterocycles. The first-order valence-corrected chi connectivity index (χ1v) is 4.00. The molecule has 0 unspecified atom stereocenters. The van der Waals surface area contributed by atoms with E-state index in [-0.39, 0.29) is 32.9 Å². The van der Waals surface area contributed by atoms with Crippen LogP contribution in [0.15, 0.2) is 12.7 Å². The monoisotopic (exact) mass is 189 g/mol. The molecule has 0 rings (SSSR count). The summed E-state index contributed by atoms with van der Waals surface area (Å²) in [6.07, 6.45) is 0.900. The Labute approximate surface area is 77.2 Å². The van der Waals surface area contributed by atoms with Gasteiger partial charge in [0.2, 0.25) is 0 Å². The average Bonchev–Trinajstić information content (AvgIpc) is 2.14. The number of carbonyl (C=O) groups is 1. The minimum atomic E-state index is -0.553. The fourth-order valence-corrected chi connectivity index (χ4v) is 0.757. The van der Waals surface area contributed by atoms with E-state index in [0.29, 0.717) is 0 Å². The number of aliphatic hydroxyl groups excluding tert-OH is 2. The molecule has 0 aromatic carbocycles. The van der Waals surface area contributed by atoms with Crippen molar-refractivity contribution in [1.82, 2.24) is 4.90 Å². The molecule has 5 nitrogen and oxygen atoms in total. The zero-order valence-electron chi connectivity index (χ0n) is 7.48. The third-order valence-corrected chi connectivity index (χ3v) is 1.32. The molecule has 0 aliphatic carbocycles. The number of hydrogen-bond acceptors (Lipinski definition) is 4. The Balaban J connectivity index is 3.86. The minimum absolute atomic E-state index is 0.131. The highest BCUT2D eigenvalue weighted by Gasteiger charge is 2.12. The number of hydrogen-bond donors (Lipinski definition) is 2. The smallest absolute Gasteiger partial charge is 0.410 e. The predicted molar refractivity (Wildman–Crippen MR) is 47.3 cm³/mol. The van der Waals surface area contributed by atoms with Crippen molar-refractivity contribution in [3.05, 3.63) is 12.7 Å². The minimum Gasteiger partial charge on any atom is -0.445 e. The van der Waals surface area contributed by atoms with Crippen LogP contribution in [0.5, 0.6) is 0 Å². The van der Waals surface area contributed by atoms with Gasteiger partial charge in [-0.2, -0.15) is 0 Å². The summed E-state index contributed by atoms with van der Waals surface area (Å²) in [4.78, 5) is 12.3. The van der Waals surface area contributed by atoms with Crippen LogP contribution in [0, 0.1) is 0 Å². The maximum absolute atomic E-state index is 11.1. The number of nitrogens with zero attached hydrogens (tertiary/aromatic N) is 1. The summed E-state index contributed by atoms with van der Waals surface area (Å²) in [5.74, 6) is 0. The molecule has 0 saturated heterocycles. The molecule has 0 atom stereocenters. The highest BCUT2D eigenvalue weighted by atomic mass is 16.6. The molecule has 13 heavy (non-hydrogen) atoms. The Morgan fingerprint density at radius 3 is 2.31 bits per heavy atom. The van der Waals surface area contributed by atoms with E-state index in [2.05, 4.69) is 6.58 Å². The molecule has 0 aliphatic rings. The molecule has 0 radical (unpaired) electrons. The molecule has 0 saturated carbocycles. The van der Waals surface area contributed by atoms with E-state index >= 15 is 0 Å². The van der Waals surface area contributed by atoms with Crippen LogP contribution >= 0.6 is 0 Å². The van der Waals surface area contributed by atoms with E-state index in [1.165, 1.54) is 11.0 Å². The number of ether oxygens (including phenoxy) is 1. The Morgan fingerprint density at radius 1 is 1.38 bits per heavy atom. The second-order valence-corrected chi connectivity index (χ2v) is 2.30. The molecule has 0 bridgehead atoms. The number of carbonyl (C=O) groups excluding carboxylic acids is 1. The Kier molecular flexibility index (Phi) is 6.95. The normalized spacial score (nSPS) is 9.38. The highest BCUT2D eigenvalue weighted by Crippen LogP contribution is 1.93. The van der Waals surface area contributed by atoms with Crippen molar-refractivity contribution in [2.75, 3.05) is 32.9 Å². The van der Waals surface area contributed by atoms with Crippen molar-refractivity contribution in [2.45, 2.75) is 0 Å². The van der Waals surface area contributed by atoms with Crippen molar-refractivity contribution in [3.63, 3.8) is 0 Å². The first kappa shape index (κ1) is 11.9. The summed E-state index contributed by atoms with van der Waals surface area (Å²) >= 11 is 0. The van der Waals surface area contributed by atoms with Crippen LogP contribution in [0.3, 0.4) is 0 Å². The fraction of sp³-hybridized carbons (Fsp3) is 0.625. The van der Waals surface area contributed by atoms with Gasteiger partial charge >= 0.3 is 6.09 Å². The van der Waals surface area contributed by atoms with Gasteiger partial charge in [0.05, 0.1) is 13.2 Å². The second kappa shape index (κ2) is 7.57. The zero-order chi connectivity index (χ0) is 10.1. The molecule has 0 heterocycles. The highest BCUT2D eigenvalue weighted by molar-refractivity contribution is 5.67.